The minimum absolute atomic E-state index is 0.140. The van der Waals surface area contributed by atoms with Gasteiger partial charge in [-0.25, -0.2) is 4.98 Å². The highest BCUT2D eigenvalue weighted by Gasteiger charge is 2.53. The van der Waals surface area contributed by atoms with E-state index in [1.54, 1.807) is 49.1 Å². The monoisotopic (exact) mass is 610 g/mol. The summed E-state index contributed by atoms with van der Waals surface area (Å²) < 4.78 is 34.5. The summed E-state index contributed by atoms with van der Waals surface area (Å²) in [5.74, 6) is 0.394. The number of nitrogens with one attached hydrogen (secondary N) is 2. The molecule has 2 aliphatic rings. The van der Waals surface area contributed by atoms with Gasteiger partial charge in [-0.05, 0) is 50.1 Å². The molecule has 0 bridgehead atoms. The van der Waals surface area contributed by atoms with Gasteiger partial charge < -0.3 is 25.1 Å². The highest BCUT2D eigenvalue weighted by atomic mass is 127. The Hall–Kier alpha value is -3.09. The van der Waals surface area contributed by atoms with E-state index in [9.17, 15) is 18.4 Å². The SMILES string of the molecule is COc1cccc(C(=O)Nc2nccc3c2CN(C(C)C2(C=N)CC(C)=C2OCC(F)(F)I)C3=O)c1. The Morgan fingerprint density at radius 1 is 1.42 bits per heavy atom. The van der Waals surface area contributed by atoms with E-state index in [0.717, 1.165) is 28.2 Å². The van der Waals surface area contributed by atoms with Gasteiger partial charge >= 0.3 is 3.93 Å². The zero-order valence-corrected chi connectivity index (χ0v) is 22.1. The number of ether oxygens (including phenoxy) is 2. The van der Waals surface area contributed by atoms with Gasteiger partial charge in [0.05, 0.1) is 19.1 Å². The first-order valence-corrected chi connectivity index (χ1v) is 12.2. The summed E-state index contributed by atoms with van der Waals surface area (Å²) in [6.07, 6.45) is 3.03. The molecule has 1 aromatic heterocycles. The van der Waals surface area contributed by atoms with E-state index in [4.69, 9.17) is 14.9 Å². The molecule has 4 rings (SSSR count). The lowest BCUT2D eigenvalue weighted by molar-refractivity contribution is -0.00371. The zero-order valence-electron chi connectivity index (χ0n) is 19.9. The van der Waals surface area contributed by atoms with Crippen LogP contribution in [0.2, 0.25) is 0 Å². The Labute approximate surface area is 220 Å². The van der Waals surface area contributed by atoms with Crippen molar-refractivity contribution >= 4 is 46.4 Å². The van der Waals surface area contributed by atoms with E-state index in [1.165, 1.54) is 19.5 Å². The molecule has 0 spiro atoms. The minimum Gasteiger partial charge on any atom is -0.497 e. The molecule has 2 N–H and O–H groups in total. The second-order valence-electron chi connectivity index (χ2n) is 8.86. The van der Waals surface area contributed by atoms with E-state index >= 15 is 0 Å². The number of pyridine rings is 1. The molecule has 1 aliphatic heterocycles. The standard InChI is InChI=1S/C25H25F2IN4O4/c1-14-10-24(12-29,20(14)36-13-25(26,27)28)15(2)32-11-19-18(23(32)34)7-8-30-21(19)31-22(33)16-5-4-6-17(9-16)35-3/h4-9,12,15,29H,10-11,13H2,1-3H3,(H,30,31,33). The third kappa shape index (κ3) is 4.67. The van der Waals surface area contributed by atoms with Gasteiger partial charge in [0.1, 0.15) is 17.3 Å². The van der Waals surface area contributed by atoms with E-state index in [0.29, 0.717) is 34.6 Å². The molecule has 0 fully saturated rings. The van der Waals surface area contributed by atoms with Crippen molar-refractivity contribution in [2.75, 3.05) is 19.0 Å². The molecule has 36 heavy (non-hydrogen) atoms. The molecule has 2 atom stereocenters. The molecule has 0 saturated carbocycles. The van der Waals surface area contributed by atoms with Crippen molar-refractivity contribution in [1.29, 1.82) is 5.41 Å². The molecule has 8 nitrogen and oxygen atoms in total. The van der Waals surface area contributed by atoms with Crippen LogP contribution in [0.25, 0.3) is 0 Å². The average molecular weight is 610 g/mol. The van der Waals surface area contributed by atoms with Gasteiger partial charge in [-0.1, -0.05) is 6.07 Å². The lowest BCUT2D eigenvalue weighted by atomic mass is 9.65. The maximum Gasteiger partial charge on any atom is 0.329 e. The van der Waals surface area contributed by atoms with E-state index in [1.807, 2.05) is 0 Å². The van der Waals surface area contributed by atoms with Crippen LogP contribution in [0.3, 0.4) is 0 Å². The van der Waals surface area contributed by atoms with Crippen LogP contribution in [0.5, 0.6) is 5.75 Å². The number of alkyl halides is 3. The minimum atomic E-state index is -3.06. The zero-order chi connectivity index (χ0) is 26.3. The summed E-state index contributed by atoms with van der Waals surface area (Å²) in [5, 5.41) is 10.9. The number of rotatable bonds is 9. The van der Waals surface area contributed by atoms with Gasteiger partial charge in [0, 0.05) is 57.7 Å². The van der Waals surface area contributed by atoms with Crippen molar-refractivity contribution in [3.05, 3.63) is 64.6 Å². The lowest BCUT2D eigenvalue weighted by Gasteiger charge is -2.48. The van der Waals surface area contributed by atoms with Gasteiger partial charge in [0.15, 0.2) is 6.61 Å². The molecule has 0 saturated heterocycles. The molecule has 0 radical (unpaired) electrons. The largest absolute Gasteiger partial charge is 0.497 e. The molecule has 11 heteroatoms. The van der Waals surface area contributed by atoms with Crippen LogP contribution < -0.4 is 10.1 Å². The number of hydrogen-bond acceptors (Lipinski definition) is 6. The lowest BCUT2D eigenvalue weighted by Crippen LogP contribution is -2.53. The molecule has 1 aromatic carbocycles. The highest BCUT2D eigenvalue weighted by Crippen LogP contribution is 2.51. The molecule has 190 valence electrons. The van der Waals surface area contributed by atoms with Crippen LogP contribution in [0, 0.1) is 10.8 Å². The fourth-order valence-electron chi connectivity index (χ4n) is 4.77. The number of benzene rings is 1. The number of amides is 2. The summed E-state index contributed by atoms with van der Waals surface area (Å²) in [6, 6.07) is 7.68. The van der Waals surface area contributed by atoms with Crippen molar-refractivity contribution in [1.82, 2.24) is 9.88 Å². The van der Waals surface area contributed by atoms with Crippen LogP contribution in [0.15, 0.2) is 47.9 Å². The second kappa shape index (κ2) is 9.75. The van der Waals surface area contributed by atoms with Crippen molar-refractivity contribution < 1.29 is 27.8 Å². The van der Waals surface area contributed by atoms with Crippen LogP contribution >= 0.6 is 22.6 Å². The van der Waals surface area contributed by atoms with Gasteiger partial charge in [-0.3, -0.25) is 9.59 Å². The number of anilines is 1. The van der Waals surface area contributed by atoms with Crippen LogP contribution in [-0.2, 0) is 11.3 Å². The Balaban J connectivity index is 1.57. The van der Waals surface area contributed by atoms with Crippen LogP contribution in [-0.4, -0.2) is 51.6 Å². The van der Waals surface area contributed by atoms with Gasteiger partial charge in [0.2, 0.25) is 0 Å². The predicted octanol–water partition coefficient (Wildman–Crippen LogP) is 5.04. The van der Waals surface area contributed by atoms with E-state index < -0.39 is 27.9 Å². The average Bonchev–Trinajstić information content (AvgIpc) is 3.18. The predicted molar refractivity (Wildman–Crippen MR) is 138 cm³/mol. The quantitative estimate of drug-likeness (QED) is 0.235. The van der Waals surface area contributed by atoms with Crippen molar-refractivity contribution in [2.24, 2.45) is 5.41 Å². The highest BCUT2D eigenvalue weighted by molar-refractivity contribution is 14.1. The maximum absolute atomic E-state index is 13.5. The number of carbonyl (C=O) groups excluding carboxylic acids is 2. The van der Waals surface area contributed by atoms with Gasteiger partial charge in [0.25, 0.3) is 11.8 Å². The second-order valence-corrected chi connectivity index (χ2v) is 10.4. The fourth-order valence-corrected chi connectivity index (χ4v) is 4.92. The van der Waals surface area contributed by atoms with Crippen LogP contribution in [0.1, 0.15) is 46.5 Å². The molecule has 2 aromatic rings. The normalized spacial score (nSPS) is 19.9. The number of carbonyl (C=O) groups is 2. The first-order chi connectivity index (χ1) is 17.0. The number of allylic oxidation sites excluding steroid dienone is 1. The maximum atomic E-state index is 13.5. The van der Waals surface area contributed by atoms with Crippen LogP contribution in [0.4, 0.5) is 14.6 Å². The van der Waals surface area contributed by atoms with Crippen molar-refractivity contribution in [3.63, 3.8) is 0 Å². The molecular weight excluding hydrogens is 585 g/mol. The molecule has 2 heterocycles. The van der Waals surface area contributed by atoms with Crippen molar-refractivity contribution in [3.8, 4) is 5.75 Å². The van der Waals surface area contributed by atoms with Gasteiger partial charge in [-0.2, -0.15) is 8.78 Å². The number of nitrogens with zero attached hydrogens (tertiary/aromatic N) is 2. The summed E-state index contributed by atoms with van der Waals surface area (Å²) in [5.41, 5.74) is 1.06. The Kier molecular flexibility index (Phi) is 7.04. The van der Waals surface area contributed by atoms with E-state index in [2.05, 4.69) is 10.3 Å². The first kappa shape index (κ1) is 26.0. The number of hydrogen-bond donors (Lipinski definition) is 2. The molecular formula is C25H25F2IN4O4. The molecule has 1 aliphatic carbocycles. The Morgan fingerprint density at radius 2 is 2.17 bits per heavy atom. The smallest absolute Gasteiger partial charge is 0.329 e. The van der Waals surface area contributed by atoms with E-state index in [-0.39, 0.29) is 18.3 Å². The third-order valence-corrected chi connectivity index (χ3v) is 6.97. The first-order valence-electron chi connectivity index (χ1n) is 11.2. The Bertz CT molecular complexity index is 1260. The third-order valence-electron chi connectivity index (χ3n) is 6.66. The number of fused-ring (bicyclic) bond motifs is 1. The summed E-state index contributed by atoms with van der Waals surface area (Å²) in [6.45, 7) is 2.86. The topological polar surface area (TPSA) is 105 Å². The number of methoxy groups -OCH3 is 1. The summed E-state index contributed by atoms with van der Waals surface area (Å²) in [7, 11) is 1.51. The Morgan fingerprint density at radius 3 is 2.81 bits per heavy atom. The summed E-state index contributed by atoms with van der Waals surface area (Å²) >= 11 is 1.01. The molecule has 2 unspecified atom stereocenters. The van der Waals surface area contributed by atoms with Crippen molar-refractivity contribution in [2.45, 2.75) is 36.8 Å². The van der Waals surface area contributed by atoms with Gasteiger partial charge in [-0.15, -0.1) is 0 Å². The summed E-state index contributed by atoms with van der Waals surface area (Å²) in [4.78, 5) is 32.1. The number of aromatic nitrogens is 1. The fraction of sp³-hybridized carbons (Fsp3) is 0.360. The molecule has 2 amide bonds. The number of halogens is 3.